The molecule has 0 radical (unpaired) electrons. The van der Waals surface area contributed by atoms with Crippen LogP contribution in [0.3, 0.4) is 0 Å². The van der Waals surface area contributed by atoms with Gasteiger partial charge in [-0.1, -0.05) is 18.9 Å². The largest absolute Gasteiger partial charge is 0.508 e. The number of benzene rings is 1. The number of carbonyl (C=O) groups is 1. The maximum atomic E-state index is 12.7. The third-order valence-corrected chi connectivity index (χ3v) is 8.27. The van der Waals surface area contributed by atoms with Crippen LogP contribution in [0.4, 0.5) is 0 Å². The number of hydrogen-bond donors (Lipinski definition) is 1. The topological polar surface area (TPSA) is 53.4 Å². The first kappa shape index (κ1) is 21.1. The molecule has 0 aliphatic heterocycles. The average Bonchev–Trinajstić information content (AvgIpc) is 2.74. The lowest BCUT2D eigenvalue weighted by atomic mass is 10.00. The van der Waals surface area contributed by atoms with Crippen molar-refractivity contribution in [3.8, 4) is 5.75 Å². The highest BCUT2D eigenvalue weighted by atomic mass is 32.2. The van der Waals surface area contributed by atoms with E-state index in [9.17, 15) is 9.90 Å². The average molecular weight is 417 g/mol. The Hall–Kier alpha value is -1.66. The van der Waals surface area contributed by atoms with Crippen molar-refractivity contribution < 1.29 is 9.90 Å². The van der Waals surface area contributed by atoms with E-state index in [1.54, 1.807) is 35.0 Å². The van der Waals surface area contributed by atoms with Crippen LogP contribution in [0.15, 0.2) is 53.6 Å². The van der Waals surface area contributed by atoms with Crippen LogP contribution in [0.25, 0.3) is 0 Å². The summed E-state index contributed by atoms with van der Waals surface area (Å²) in [4.78, 5) is 20.1. The fourth-order valence-corrected chi connectivity index (χ4v) is 6.27. The molecule has 6 heteroatoms. The van der Waals surface area contributed by atoms with Crippen LogP contribution < -0.4 is 0 Å². The van der Waals surface area contributed by atoms with E-state index in [1.807, 2.05) is 56.1 Å². The van der Waals surface area contributed by atoms with Gasteiger partial charge < -0.3 is 10.0 Å². The van der Waals surface area contributed by atoms with Gasteiger partial charge in [0.15, 0.2) is 0 Å². The first-order valence-electron chi connectivity index (χ1n) is 9.78. The Bertz CT molecular complexity index is 755. The van der Waals surface area contributed by atoms with Crippen LogP contribution in [0.1, 0.15) is 44.3 Å². The van der Waals surface area contributed by atoms with Crippen molar-refractivity contribution in [2.45, 2.75) is 54.0 Å². The number of phenols is 1. The molecular formula is C22H28N2O2S2. The summed E-state index contributed by atoms with van der Waals surface area (Å²) in [6.45, 7) is 2.02. The summed E-state index contributed by atoms with van der Waals surface area (Å²) in [7, 11) is 1.87. The van der Waals surface area contributed by atoms with Crippen molar-refractivity contribution in [1.82, 2.24) is 9.88 Å². The van der Waals surface area contributed by atoms with Gasteiger partial charge in [0, 0.05) is 28.6 Å². The Balaban J connectivity index is 1.55. The minimum atomic E-state index is -0.0252. The predicted octanol–water partition coefficient (Wildman–Crippen LogP) is 5.14. The van der Waals surface area contributed by atoms with Crippen LogP contribution in [0, 0.1) is 0 Å². The predicted molar refractivity (Wildman–Crippen MR) is 118 cm³/mol. The zero-order chi connectivity index (χ0) is 19.9. The summed E-state index contributed by atoms with van der Waals surface area (Å²) in [5.41, 5.74) is 0.918. The van der Waals surface area contributed by atoms with Gasteiger partial charge in [-0.05, 0) is 56.2 Å². The third kappa shape index (κ3) is 5.67. The van der Waals surface area contributed by atoms with Gasteiger partial charge in [-0.25, -0.2) is 0 Å². The lowest BCUT2D eigenvalue weighted by Crippen LogP contribution is -2.33. The molecule has 28 heavy (non-hydrogen) atoms. The van der Waals surface area contributed by atoms with E-state index in [4.69, 9.17) is 0 Å². The summed E-state index contributed by atoms with van der Waals surface area (Å²) in [5, 5.41) is 10.5. The van der Waals surface area contributed by atoms with Gasteiger partial charge >= 0.3 is 0 Å². The number of thioether (sulfide) groups is 2. The summed E-state index contributed by atoms with van der Waals surface area (Å²) in [5.74, 6) is 0.960. The highest BCUT2D eigenvalue weighted by Gasteiger charge is 2.28. The standard InChI is InChI=1S/C22H28N2O2S2/c1-16(19-7-5-6-14-23-19)24(2)22(26)15-27-20-8-3-4-9-21(20)28-18-12-10-17(25)11-13-18/h5-7,10-14,16,20-21,25H,3-4,8-9,15H2,1-2H3. The summed E-state index contributed by atoms with van der Waals surface area (Å²) in [6.07, 6.45) is 6.59. The first-order valence-corrected chi connectivity index (χ1v) is 11.7. The van der Waals surface area contributed by atoms with Crippen molar-refractivity contribution >= 4 is 29.4 Å². The van der Waals surface area contributed by atoms with Crippen molar-refractivity contribution in [3.05, 3.63) is 54.4 Å². The van der Waals surface area contributed by atoms with Crippen LogP contribution >= 0.6 is 23.5 Å². The van der Waals surface area contributed by atoms with Crippen LogP contribution in [-0.4, -0.2) is 44.2 Å². The van der Waals surface area contributed by atoms with E-state index < -0.39 is 0 Å². The molecule has 1 amide bonds. The number of carbonyl (C=O) groups excluding carboxylic acids is 1. The van der Waals surface area contributed by atoms with Gasteiger partial charge in [-0.3, -0.25) is 9.78 Å². The normalized spacial score (nSPS) is 20.5. The van der Waals surface area contributed by atoms with Crippen molar-refractivity contribution in [1.29, 1.82) is 0 Å². The summed E-state index contributed by atoms with van der Waals surface area (Å²) in [6, 6.07) is 13.2. The molecule has 1 N–H and O–H groups in total. The van der Waals surface area contributed by atoms with Gasteiger partial charge in [0.2, 0.25) is 5.91 Å². The molecule has 0 saturated heterocycles. The summed E-state index contributed by atoms with van der Waals surface area (Å²) < 4.78 is 0. The molecule has 0 spiro atoms. The number of hydrogen-bond acceptors (Lipinski definition) is 5. The smallest absolute Gasteiger partial charge is 0.232 e. The van der Waals surface area contributed by atoms with Gasteiger partial charge in [0.25, 0.3) is 0 Å². The van der Waals surface area contributed by atoms with E-state index in [0.717, 1.165) is 12.1 Å². The summed E-state index contributed by atoms with van der Waals surface area (Å²) >= 11 is 3.67. The minimum absolute atomic E-state index is 0.0252. The second-order valence-corrected chi connectivity index (χ2v) is 9.76. The molecule has 0 bridgehead atoms. The number of pyridine rings is 1. The molecule has 2 aromatic rings. The van der Waals surface area contributed by atoms with Gasteiger partial charge in [-0.2, -0.15) is 0 Å². The monoisotopic (exact) mass is 416 g/mol. The van der Waals surface area contributed by atoms with Gasteiger partial charge in [0.05, 0.1) is 17.5 Å². The van der Waals surface area contributed by atoms with Crippen LogP contribution in [0.5, 0.6) is 5.75 Å². The second-order valence-electron chi connectivity index (χ2n) is 7.22. The zero-order valence-electron chi connectivity index (χ0n) is 16.5. The molecule has 150 valence electrons. The number of aromatic hydroxyl groups is 1. The minimum Gasteiger partial charge on any atom is -0.508 e. The van der Waals surface area contributed by atoms with E-state index in [1.165, 1.54) is 24.2 Å². The van der Waals surface area contributed by atoms with Crippen molar-refractivity contribution in [3.63, 3.8) is 0 Å². The molecule has 3 rings (SSSR count). The molecule has 3 atom stereocenters. The maximum absolute atomic E-state index is 12.7. The quantitative estimate of drug-likeness (QED) is 0.677. The van der Waals surface area contributed by atoms with Gasteiger partial charge in [0.1, 0.15) is 5.75 Å². The van der Waals surface area contributed by atoms with Crippen molar-refractivity contribution in [2.24, 2.45) is 0 Å². The highest BCUT2D eigenvalue weighted by Crippen LogP contribution is 2.40. The Morgan fingerprint density at radius 1 is 1.18 bits per heavy atom. The van der Waals surface area contributed by atoms with E-state index in [0.29, 0.717) is 22.0 Å². The molecular weight excluding hydrogens is 388 g/mol. The van der Waals surface area contributed by atoms with Gasteiger partial charge in [-0.15, -0.1) is 23.5 Å². The lowest BCUT2D eigenvalue weighted by molar-refractivity contribution is -0.129. The molecule has 1 saturated carbocycles. The second kappa shape index (κ2) is 10.2. The molecule has 1 aliphatic carbocycles. The molecule has 1 fully saturated rings. The number of amides is 1. The highest BCUT2D eigenvalue weighted by molar-refractivity contribution is 8.04. The van der Waals surface area contributed by atoms with E-state index in [-0.39, 0.29) is 11.9 Å². The molecule has 1 aromatic heterocycles. The number of nitrogens with zero attached hydrogens (tertiary/aromatic N) is 2. The first-order chi connectivity index (χ1) is 13.5. The van der Waals surface area contributed by atoms with Crippen molar-refractivity contribution in [2.75, 3.05) is 12.8 Å². The zero-order valence-corrected chi connectivity index (χ0v) is 18.1. The molecule has 1 heterocycles. The third-order valence-electron chi connectivity index (χ3n) is 5.28. The molecule has 1 aliphatic rings. The van der Waals surface area contributed by atoms with E-state index >= 15 is 0 Å². The fraction of sp³-hybridized carbons (Fsp3) is 0.455. The molecule has 1 aromatic carbocycles. The molecule has 4 nitrogen and oxygen atoms in total. The number of phenolic OH excluding ortho intramolecular Hbond substituents is 1. The lowest BCUT2D eigenvalue weighted by Gasteiger charge is -2.31. The van der Waals surface area contributed by atoms with Crippen LogP contribution in [-0.2, 0) is 4.79 Å². The maximum Gasteiger partial charge on any atom is 0.232 e. The number of rotatable bonds is 7. The van der Waals surface area contributed by atoms with E-state index in [2.05, 4.69) is 4.98 Å². The Kier molecular flexibility index (Phi) is 7.68. The Morgan fingerprint density at radius 3 is 2.57 bits per heavy atom. The fourth-order valence-electron chi connectivity index (χ4n) is 3.41. The Labute approximate surface area is 176 Å². The SMILES string of the molecule is CC(c1ccccn1)N(C)C(=O)CSC1CCCCC1Sc1ccc(O)cc1. The van der Waals surface area contributed by atoms with Crippen LogP contribution in [0.2, 0.25) is 0 Å². The molecule has 3 unspecified atom stereocenters. The number of aromatic nitrogens is 1. The Morgan fingerprint density at radius 2 is 1.89 bits per heavy atom.